The van der Waals surface area contributed by atoms with Gasteiger partial charge in [0.05, 0.1) is 12.1 Å². The molecule has 0 atom stereocenters. The number of carbonyl (C=O) groups is 2. The van der Waals surface area contributed by atoms with E-state index in [0.717, 1.165) is 26.2 Å². The zero-order valence-corrected chi connectivity index (χ0v) is 11.5. The highest BCUT2D eigenvalue weighted by Crippen LogP contribution is 2.15. The van der Waals surface area contributed by atoms with Crippen LogP contribution in [-0.2, 0) is 4.79 Å². The fraction of sp³-hybridized carbons (Fsp3) is 0.429. The zero-order chi connectivity index (χ0) is 14.5. The number of rotatable bonds is 4. The van der Waals surface area contributed by atoms with Crippen LogP contribution in [0.5, 0.6) is 0 Å². The van der Waals surface area contributed by atoms with Crippen LogP contribution in [0.1, 0.15) is 15.9 Å². The summed E-state index contributed by atoms with van der Waals surface area (Å²) in [5.74, 6) is -1.03. The van der Waals surface area contributed by atoms with E-state index in [0.29, 0.717) is 17.8 Å². The van der Waals surface area contributed by atoms with E-state index in [-0.39, 0.29) is 11.5 Å². The number of aromatic carboxylic acids is 1. The standard InChI is InChI=1S/C14H19N3O3/c1-10-8-11(2-3-12(10)14(19)20)16-13(18)9-17-6-4-15-5-7-17/h2-3,8,15H,4-7,9H2,1H3,(H,16,18)(H,19,20). The summed E-state index contributed by atoms with van der Waals surface area (Å²) in [6, 6.07) is 4.81. The van der Waals surface area contributed by atoms with Gasteiger partial charge in [0.25, 0.3) is 0 Å². The summed E-state index contributed by atoms with van der Waals surface area (Å²) in [4.78, 5) is 24.9. The number of benzene rings is 1. The lowest BCUT2D eigenvalue weighted by atomic mass is 10.1. The Labute approximate surface area is 117 Å². The zero-order valence-electron chi connectivity index (χ0n) is 11.5. The van der Waals surface area contributed by atoms with Crippen molar-refractivity contribution in [1.82, 2.24) is 10.2 Å². The highest BCUT2D eigenvalue weighted by Gasteiger charge is 2.14. The molecule has 0 bridgehead atoms. The molecule has 20 heavy (non-hydrogen) atoms. The van der Waals surface area contributed by atoms with Crippen molar-refractivity contribution in [2.24, 2.45) is 0 Å². The predicted octanol–water partition coefficient (Wildman–Crippen LogP) is 0.537. The summed E-state index contributed by atoms with van der Waals surface area (Å²) in [6.45, 7) is 5.62. The van der Waals surface area contributed by atoms with Crippen molar-refractivity contribution in [1.29, 1.82) is 0 Å². The summed E-state index contributed by atoms with van der Waals surface area (Å²) in [5.41, 5.74) is 1.52. The van der Waals surface area contributed by atoms with Crippen molar-refractivity contribution < 1.29 is 14.7 Å². The summed E-state index contributed by atoms with van der Waals surface area (Å²) in [5, 5.41) is 15.0. The highest BCUT2D eigenvalue weighted by molar-refractivity contribution is 5.94. The van der Waals surface area contributed by atoms with Gasteiger partial charge in [-0.15, -0.1) is 0 Å². The molecule has 6 heteroatoms. The molecule has 1 fully saturated rings. The largest absolute Gasteiger partial charge is 0.478 e. The second kappa shape index (κ2) is 6.49. The third-order valence-corrected chi connectivity index (χ3v) is 3.32. The maximum atomic E-state index is 11.9. The highest BCUT2D eigenvalue weighted by atomic mass is 16.4. The van der Waals surface area contributed by atoms with Crippen molar-refractivity contribution in [2.45, 2.75) is 6.92 Å². The fourth-order valence-corrected chi connectivity index (χ4v) is 2.25. The Balaban J connectivity index is 1.93. The van der Waals surface area contributed by atoms with Gasteiger partial charge in [0, 0.05) is 31.9 Å². The number of piperazine rings is 1. The molecule has 3 N–H and O–H groups in total. The summed E-state index contributed by atoms with van der Waals surface area (Å²) in [6.07, 6.45) is 0. The first kappa shape index (κ1) is 14.5. The van der Waals surface area contributed by atoms with Crippen molar-refractivity contribution in [2.75, 3.05) is 38.0 Å². The molecule has 0 radical (unpaired) electrons. The number of nitrogens with zero attached hydrogens (tertiary/aromatic N) is 1. The number of anilines is 1. The molecule has 6 nitrogen and oxygen atoms in total. The maximum Gasteiger partial charge on any atom is 0.335 e. The first-order valence-corrected chi connectivity index (χ1v) is 6.63. The molecule has 1 heterocycles. The van der Waals surface area contributed by atoms with E-state index in [2.05, 4.69) is 15.5 Å². The molecular formula is C14H19N3O3. The molecule has 0 aliphatic carbocycles. The lowest BCUT2D eigenvalue weighted by molar-refractivity contribution is -0.117. The number of carbonyl (C=O) groups excluding carboxylic acids is 1. The van der Waals surface area contributed by atoms with E-state index in [1.165, 1.54) is 6.07 Å². The topological polar surface area (TPSA) is 81.7 Å². The average molecular weight is 277 g/mol. The number of amides is 1. The molecule has 1 aromatic rings. The molecule has 108 valence electrons. The minimum atomic E-state index is -0.957. The molecule has 1 saturated heterocycles. The van der Waals surface area contributed by atoms with Gasteiger partial charge in [0.15, 0.2) is 0 Å². The molecule has 0 saturated carbocycles. The lowest BCUT2D eigenvalue weighted by Gasteiger charge is -2.26. The molecule has 2 rings (SSSR count). The Morgan fingerprint density at radius 2 is 2.05 bits per heavy atom. The third-order valence-electron chi connectivity index (χ3n) is 3.32. The van der Waals surface area contributed by atoms with E-state index in [9.17, 15) is 9.59 Å². The number of aryl methyl sites for hydroxylation is 1. The van der Waals surface area contributed by atoms with Crippen LogP contribution in [0.3, 0.4) is 0 Å². The van der Waals surface area contributed by atoms with Gasteiger partial charge >= 0.3 is 5.97 Å². The van der Waals surface area contributed by atoms with E-state index in [1.807, 2.05) is 0 Å². The summed E-state index contributed by atoms with van der Waals surface area (Å²) >= 11 is 0. The minimum absolute atomic E-state index is 0.0747. The molecule has 0 unspecified atom stereocenters. The van der Waals surface area contributed by atoms with Crippen molar-refractivity contribution in [3.8, 4) is 0 Å². The van der Waals surface area contributed by atoms with Crippen LogP contribution in [0.4, 0.5) is 5.69 Å². The summed E-state index contributed by atoms with van der Waals surface area (Å²) < 4.78 is 0. The Morgan fingerprint density at radius 3 is 2.65 bits per heavy atom. The molecule has 1 aliphatic heterocycles. The number of hydrogen-bond acceptors (Lipinski definition) is 4. The van der Waals surface area contributed by atoms with E-state index in [1.54, 1.807) is 19.1 Å². The van der Waals surface area contributed by atoms with Gasteiger partial charge in [-0.2, -0.15) is 0 Å². The predicted molar refractivity (Wildman–Crippen MR) is 76.1 cm³/mol. The smallest absolute Gasteiger partial charge is 0.335 e. The second-order valence-corrected chi connectivity index (χ2v) is 4.91. The molecule has 1 amide bonds. The number of carboxylic acids is 1. The molecule has 1 aliphatic rings. The van der Waals surface area contributed by atoms with Crippen LogP contribution >= 0.6 is 0 Å². The average Bonchev–Trinajstić information content (AvgIpc) is 2.39. The van der Waals surface area contributed by atoms with Crippen LogP contribution in [-0.4, -0.2) is 54.6 Å². The third kappa shape index (κ3) is 3.79. The Kier molecular flexibility index (Phi) is 4.70. The van der Waals surface area contributed by atoms with Gasteiger partial charge in [-0.05, 0) is 30.7 Å². The van der Waals surface area contributed by atoms with Crippen LogP contribution in [0.2, 0.25) is 0 Å². The van der Waals surface area contributed by atoms with Crippen molar-refractivity contribution in [3.63, 3.8) is 0 Å². The second-order valence-electron chi connectivity index (χ2n) is 4.91. The molecule has 0 spiro atoms. The van der Waals surface area contributed by atoms with Gasteiger partial charge < -0.3 is 15.7 Å². The number of nitrogens with one attached hydrogen (secondary N) is 2. The minimum Gasteiger partial charge on any atom is -0.478 e. The van der Waals surface area contributed by atoms with Crippen LogP contribution in [0.15, 0.2) is 18.2 Å². The van der Waals surface area contributed by atoms with Gasteiger partial charge in [-0.3, -0.25) is 9.69 Å². The Bertz CT molecular complexity index is 510. The molecular weight excluding hydrogens is 258 g/mol. The van der Waals surface area contributed by atoms with Gasteiger partial charge in [0.2, 0.25) is 5.91 Å². The number of hydrogen-bond donors (Lipinski definition) is 3. The normalized spacial score (nSPS) is 15.8. The summed E-state index contributed by atoms with van der Waals surface area (Å²) in [7, 11) is 0. The molecule has 1 aromatic carbocycles. The quantitative estimate of drug-likeness (QED) is 0.748. The van der Waals surface area contributed by atoms with Crippen molar-refractivity contribution >= 4 is 17.6 Å². The Morgan fingerprint density at radius 1 is 1.35 bits per heavy atom. The van der Waals surface area contributed by atoms with E-state index < -0.39 is 5.97 Å². The first-order valence-electron chi connectivity index (χ1n) is 6.63. The fourth-order valence-electron chi connectivity index (χ4n) is 2.25. The van der Waals surface area contributed by atoms with Crippen LogP contribution < -0.4 is 10.6 Å². The lowest BCUT2D eigenvalue weighted by Crippen LogP contribution is -2.46. The SMILES string of the molecule is Cc1cc(NC(=O)CN2CCNCC2)ccc1C(=O)O. The van der Waals surface area contributed by atoms with Crippen molar-refractivity contribution in [3.05, 3.63) is 29.3 Å². The van der Waals surface area contributed by atoms with E-state index >= 15 is 0 Å². The van der Waals surface area contributed by atoms with Crippen LogP contribution in [0.25, 0.3) is 0 Å². The van der Waals surface area contributed by atoms with Crippen LogP contribution in [0, 0.1) is 6.92 Å². The van der Waals surface area contributed by atoms with Gasteiger partial charge in [-0.1, -0.05) is 0 Å². The molecule has 0 aromatic heterocycles. The number of carboxylic acid groups (broad SMARTS) is 1. The first-order chi connectivity index (χ1) is 9.56. The van der Waals surface area contributed by atoms with E-state index in [4.69, 9.17) is 5.11 Å². The monoisotopic (exact) mass is 277 g/mol. The maximum absolute atomic E-state index is 11.9. The van der Waals surface area contributed by atoms with Gasteiger partial charge in [0.1, 0.15) is 0 Å². The Hall–Kier alpha value is -1.92. The van der Waals surface area contributed by atoms with Gasteiger partial charge in [-0.25, -0.2) is 4.79 Å².